The lowest BCUT2D eigenvalue weighted by Crippen LogP contribution is -2.53. The van der Waals surface area contributed by atoms with E-state index in [0.29, 0.717) is 0 Å². The smallest absolute Gasteiger partial charge is 0.242 e. The summed E-state index contributed by atoms with van der Waals surface area (Å²) in [5.41, 5.74) is 1.12. The number of carbonyl (C=O) groups excluding carboxylic acids is 2. The largest absolute Gasteiger partial charge is 0.472 e. The number of nitrogens with zero attached hydrogens (tertiary/aromatic N) is 3. The maximum absolute atomic E-state index is 12.4. The number of likely N-dealkylation sites (tertiary alicyclic amines) is 1. The van der Waals surface area contributed by atoms with E-state index in [2.05, 4.69) is 4.90 Å². The molecule has 6 heteroatoms. The zero-order valence-electron chi connectivity index (χ0n) is 12.5. The molecule has 2 aliphatic heterocycles. The SMILES string of the molecule is CN1CC(=O)N(C)[C@@H]2CN(Cc3ccoc3)CC[C@@H]2C1=O. The first-order valence-corrected chi connectivity index (χ1v) is 7.30. The van der Waals surface area contributed by atoms with E-state index in [1.54, 1.807) is 29.4 Å². The first-order valence-electron chi connectivity index (χ1n) is 7.30. The van der Waals surface area contributed by atoms with Crippen LogP contribution in [0.3, 0.4) is 0 Å². The normalized spacial score (nSPS) is 27.7. The summed E-state index contributed by atoms with van der Waals surface area (Å²) in [5, 5.41) is 0. The Hall–Kier alpha value is -1.82. The van der Waals surface area contributed by atoms with Gasteiger partial charge in [0, 0.05) is 32.7 Å². The van der Waals surface area contributed by atoms with Crippen LogP contribution in [-0.2, 0) is 16.1 Å². The van der Waals surface area contributed by atoms with Crippen molar-refractivity contribution in [2.24, 2.45) is 5.92 Å². The van der Waals surface area contributed by atoms with Crippen LogP contribution in [0.15, 0.2) is 23.0 Å². The topological polar surface area (TPSA) is 57.0 Å². The molecule has 2 saturated heterocycles. The molecule has 3 rings (SSSR count). The highest BCUT2D eigenvalue weighted by Crippen LogP contribution is 2.27. The first-order chi connectivity index (χ1) is 10.1. The second-order valence-corrected chi connectivity index (χ2v) is 6.03. The van der Waals surface area contributed by atoms with Gasteiger partial charge >= 0.3 is 0 Å². The molecule has 2 fully saturated rings. The zero-order chi connectivity index (χ0) is 15.0. The Morgan fingerprint density at radius 3 is 2.86 bits per heavy atom. The average molecular weight is 291 g/mol. The van der Waals surface area contributed by atoms with Crippen molar-refractivity contribution in [3.63, 3.8) is 0 Å². The van der Waals surface area contributed by atoms with E-state index >= 15 is 0 Å². The van der Waals surface area contributed by atoms with Crippen molar-refractivity contribution >= 4 is 11.8 Å². The van der Waals surface area contributed by atoms with E-state index in [-0.39, 0.29) is 30.3 Å². The molecule has 3 heterocycles. The minimum Gasteiger partial charge on any atom is -0.472 e. The van der Waals surface area contributed by atoms with Crippen molar-refractivity contribution in [3.8, 4) is 0 Å². The van der Waals surface area contributed by atoms with E-state index in [1.807, 2.05) is 13.1 Å². The molecule has 0 radical (unpaired) electrons. The van der Waals surface area contributed by atoms with Crippen LogP contribution in [0.2, 0.25) is 0 Å². The van der Waals surface area contributed by atoms with Gasteiger partial charge in [-0.3, -0.25) is 14.5 Å². The molecule has 2 atom stereocenters. The second-order valence-electron chi connectivity index (χ2n) is 6.03. The fourth-order valence-electron chi connectivity index (χ4n) is 3.32. The highest BCUT2D eigenvalue weighted by atomic mass is 16.3. The summed E-state index contributed by atoms with van der Waals surface area (Å²) in [5.74, 6) is 0.0382. The summed E-state index contributed by atoms with van der Waals surface area (Å²) in [6.45, 7) is 2.58. The van der Waals surface area contributed by atoms with Crippen molar-refractivity contribution in [3.05, 3.63) is 24.2 Å². The van der Waals surface area contributed by atoms with Crippen molar-refractivity contribution in [1.82, 2.24) is 14.7 Å². The zero-order valence-corrected chi connectivity index (χ0v) is 12.5. The predicted octanol–water partition coefficient (Wildman–Crippen LogP) is 0.400. The fraction of sp³-hybridized carbons (Fsp3) is 0.600. The molecular formula is C15H21N3O3. The van der Waals surface area contributed by atoms with E-state index in [9.17, 15) is 9.59 Å². The minimum absolute atomic E-state index is 0.0171. The highest BCUT2D eigenvalue weighted by molar-refractivity contribution is 5.89. The molecule has 0 aliphatic carbocycles. The summed E-state index contributed by atoms with van der Waals surface area (Å²) < 4.78 is 5.10. The van der Waals surface area contributed by atoms with Crippen molar-refractivity contribution in [2.45, 2.75) is 19.0 Å². The van der Waals surface area contributed by atoms with Crippen LogP contribution in [0, 0.1) is 5.92 Å². The number of rotatable bonds is 2. The summed E-state index contributed by atoms with van der Waals surface area (Å²) in [7, 11) is 3.53. The molecular weight excluding hydrogens is 270 g/mol. The number of likely N-dealkylation sites (N-methyl/N-ethyl adjacent to an activating group) is 2. The Balaban J connectivity index is 1.75. The molecule has 0 aromatic carbocycles. The van der Waals surface area contributed by atoms with Crippen LogP contribution in [0.25, 0.3) is 0 Å². The highest BCUT2D eigenvalue weighted by Gasteiger charge is 2.42. The molecule has 0 spiro atoms. The molecule has 21 heavy (non-hydrogen) atoms. The van der Waals surface area contributed by atoms with Gasteiger partial charge in [-0.2, -0.15) is 0 Å². The molecule has 0 bridgehead atoms. The van der Waals surface area contributed by atoms with Crippen LogP contribution in [0.1, 0.15) is 12.0 Å². The minimum atomic E-state index is -0.0768. The fourth-order valence-corrected chi connectivity index (χ4v) is 3.32. The molecule has 1 aromatic heterocycles. The van der Waals surface area contributed by atoms with Crippen LogP contribution in [-0.4, -0.2) is 66.3 Å². The van der Waals surface area contributed by atoms with Gasteiger partial charge in [0.1, 0.15) is 0 Å². The summed E-state index contributed by atoms with van der Waals surface area (Å²) in [4.78, 5) is 30.2. The van der Waals surface area contributed by atoms with Crippen LogP contribution in [0.4, 0.5) is 0 Å². The number of piperidine rings is 1. The number of hydrogen-bond donors (Lipinski definition) is 0. The maximum Gasteiger partial charge on any atom is 0.242 e. The maximum atomic E-state index is 12.4. The Labute approximate surface area is 124 Å². The van der Waals surface area contributed by atoms with E-state index < -0.39 is 0 Å². The Kier molecular flexibility index (Phi) is 3.71. The number of amides is 2. The van der Waals surface area contributed by atoms with Crippen molar-refractivity contribution in [2.75, 3.05) is 33.7 Å². The molecule has 6 nitrogen and oxygen atoms in total. The van der Waals surface area contributed by atoms with Crippen LogP contribution < -0.4 is 0 Å². The van der Waals surface area contributed by atoms with Gasteiger partial charge in [-0.1, -0.05) is 0 Å². The summed E-state index contributed by atoms with van der Waals surface area (Å²) in [6, 6.07) is 1.92. The number of hydrogen-bond acceptors (Lipinski definition) is 4. The molecule has 0 saturated carbocycles. The van der Waals surface area contributed by atoms with Crippen molar-refractivity contribution < 1.29 is 14.0 Å². The molecule has 0 N–H and O–H groups in total. The second kappa shape index (κ2) is 5.52. The Morgan fingerprint density at radius 2 is 2.14 bits per heavy atom. The van der Waals surface area contributed by atoms with E-state index in [1.165, 1.54) is 0 Å². The third-order valence-corrected chi connectivity index (χ3v) is 4.61. The van der Waals surface area contributed by atoms with Crippen molar-refractivity contribution in [1.29, 1.82) is 0 Å². The van der Waals surface area contributed by atoms with E-state index in [4.69, 9.17) is 4.42 Å². The third kappa shape index (κ3) is 2.68. The summed E-state index contributed by atoms with van der Waals surface area (Å²) >= 11 is 0. The van der Waals surface area contributed by atoms with Gasteiger partial charge in [-0.05, 0) is 19.0 Å². The van der Waals surface area contributed by atoms with Gasteiger partial charge in [0.25, 0.3) is 0 Å². The monoisotopic (exact) mass is 291 g/mol. The van der Waals surface area contributed by atoms with Crippen LogP contribution >= 0.6 is 0 Å². The molecule has 2 aliphatic rings. The number of furan rings is 1. The standard InChI is InChI=1S/C15H21N3O3/c1-16-9-14(19)17(2)13-8-18(5-3-12(13)15(16)20)7-11-4-6-21-10-11/h4,6,10,12-13H,3,5,7-9H2,1-2H3/t12-,13+/m0/s1. The molecule has 0 unspecified atom stereocenters. The van der Waals surface area contributed by atoms with Gasteiger partial charge in [0.15, 0.2) is 0 Å². The first kappa shape index (κ1) is 14.1. The van der Waals surface area contributed by atoms with Gasteiger partial charge in [-0.15, -0.1) is 0 Å². The molecule has 2 amide bonds. The van der Waals surface area contributed by atoms with Crippen LogP contribution in [0.5, 0.6) is 0 Å². The predicted molar refractivity (Wildman–Crippen MR) is 76.3 cm³/mol. The Morgan fingerprint density at radius 1 is 1.33 bits per heavy atom. The van der Waals surface area contributed by atoms with Gasteiger partial charge in [0.2, 0.25) is 11.8 Å². The lowest BCUT2D eigenvalue weighted by atomic mass is 9.89. The quantitative estimate of drug-likeness (QED) is 0.791. The van der Waals surface area contributed by atoms with E-state index in [0.717, 1.165) is 31.6 Å². The Bertz CT molecular complexity index is 528. The summed E-state index contributed by atoms with van der Waals surface area (Å²) in [6.07, 6.45) is 4.21. The molecule has 114 valence electrons. The van der Waals surface area contributed by atoms with Gasteiger partial charge in [0.05, 0.1) is 31.0 Å². The molecule has 1 aromatic rings. The van der Waals surface area contributed by atoms with Gasteiger partial charge < -0.3 is 14.2 Å². The lowest BCUT2D eigenvalue weighted by molar-refractivity contribution is -0.136. The lowest BCUT2D eigenvalue weighted by Gasteiger charge is -2.40. The average Bonchev–Trinajstić information content (AvgIpc) is 2.95. The third-order valence-electron chi connectivity index (χ3n) is 4.61. The van der Waals surface area contributed by atoms with Gasteiger partial charge in [-0.25, -0.2) is 0 Å². The number of carbonyl (C=O) groups is 2. The number of fused-ring (bicyclic) bond motifs is 1.